The van der Waals surface area contributed by atoms with Gasteiger partial charge < -0.3 is 15.5 Å². The molecule has 1 amide bonds. The molecule has 0 aromatic heterocycles. The second-order valence-electron chi connectivity index (χ2n) is 5.04. The van der Waals surface area contributed by atoms with Crippen LogP contribution in [0.15, 0.2) is 54.6 Å². The molecule has 120 valence electrons. The van der Waals surface area contributed by atoms with Gasteiger partial charge in [0.1, 0.15) is 6.04 Å². The average molecular weight is 425 g/mol. The number of aliphatic hydroxyl groups excluding tert-OH is 1. The van der Waals surface area contributed by atoms with Gasteiger partial charge in [-0.3, -0.25) is 4.79 Å². The summed E-state index contributed by atoms with van der Waals surface area (Å²) in [5.74, 6) is -1.87. The van der Waals surface area contributed by atoms with Gasteiger partial charge in [-0.25, -0.2) is 4.79 Å². The lowest BCUT2D eigenvalue weighted by molar-refractivity contribution is -0.143. The molecule has 0 bridgehead atoms. The molecule has 2 rings (SSSR count). The number of carbonyl (C=O) groups is 2. The number of amides is 1. The number of carboxylic acid groups (broad SMARTS) is 1. The largest absolute Gasteiger partial charge is 0.480 e. The maximum atomic E-state index is 12.1. The molecule has 0 spiro atoms. The van der Waals surface area contributed by atoms with Crippen molar-refractivity contribution < 1.29 is 19.8 Å². The fraction of sp³-hybridized carbons (Fsp3) is 0.176. The molecule has 0 aliphatic carbocycles. The quantitative estimate of drug-likeness (QED) is 0.620. The third-order valence-corrected chi connectivity index (χ3v) is 4.05. The van der Waals surface area contributed by atoms with Crippen LogP contribution in [0, 0.1) is 3.57 Å². The number of nitrogens with one attached hydrogen (secondary N) is 1. The Morgan fingerprint density at radius 1 is 1.04 bits per heavy atom. The first kappa shape index (κ1) is 17.4. The first-order valence-electron chi connectivity index (χ1n) is 6.98. The second kappa shape index (κ2) is 8.07. The molecule has 5 nitrogen and oxygen atoms in total. The van der Waals surface area contributed by atoms with Crippen LogP contribution in [-0.2, 0) is 16.0 Å². The Morgan fingerprint density at radius 2 is 1.65 bits per heavy atom. The van der Waals surface area contributed by atoms with E-state index in [4.69, 9.17) is 0 Å². The lowest BCUT2D eigenvalue weighted by Crippen LogP contribution is -2.44. The highest BCUT2D eigenvalue weighted by molar-refractivity contribution is 14.1. The molecule has 23 heavy (non-hydrogen) atoms. The number of carbonyl (C=O) groups excluding carboxylic acids is 1. The summed E-state index contributed by atoms with van der Waals surface area (Å²) in [6.07, 6.45) is -1.24. The van der Waals surface area contributed by atoms with Gasteiger partial charge in [0.25, 0.3) is 5.91 Å². The molecule has 0 fully saturated rings. The third-order valence-electron chi connectivity index (χ3n) is 3.33. The SMILES string of the molecule is O=C(O)[C@H](Cc1ccc(I)cc1)NC(=O)[C@@H](O)c1ccccc1. The van der Waals surface area contributed by atoms with Crippen molar-refractivity contribution in [2.75, 3.05) is 0 Å². The standard InChI is InChI=1S/C17H16INO4/c18-13-8-6-11(7-9-13)10-14(17(22)23)19-16(21)15(20)12-4-2-1-3-5-12/h1-9,14-15,20H,10H2,(H,19,21)(H,22,23)/t14-,15-/m0/s1. The Hall–Kier alpha value is -1.93. The summed E-state index contributed by atoms with van der Waals surface area (Å²) in [5.41, 5.74) is 1.22. The molecular formula is C17H16INO4. The van der Waals surface area contributed by atoms with Crippen LogP contribution in [0.4, 0.5) is 0 Å². The fourth-order valence-corrected chi connectivity index (χ4v) is 2.45. The number of aliphatic carboxylic acids is 1. The van der Waals surface area contributed by atoms with E-state index in [-0.39, 0.29) is 6.42 Å². The first-order valence-corrected chi connectivity index (χ1v) is 8.06. The molecule has 0 aliphatic heterocycles. The van der Waals surface area contributed by atoms with Crippen molar-refractivity contribution in [2.24, 2.45) is 0 Å². The number of rotatable bonds is 6. The van der Waals surface area contributed by atoms with E-state index in [1.807, 2.05) is 24.3 Å². The smallest absolute Gasteiger partial charge is 0.326 e. The maximum Gasteiger partial charge on any atom is 0.326 e. The summed E-state index contributed by atoms with van der Waals surface area (Å²) in [6.45, 7) is 0. The number of halogens is 1. The highest BCUT2D eigenvalue weighted by atomic mass is 127. The minimum absolute atomic E-state index is 0.152. The lowest BCUT2D eigenvalue weighted by atomic mass is 10.0. The highest BCUT2D eigenvalue weighted by Gasteiger charge is 2.25. The Bertz CT molecular complexity index is 673. The number of hydrogen-bond donors (Lipinski definition) is 3. The Labute approximate surface area is 147 Å². The Balaban J connectivity index is 2.05. The molecule has 2 atom stereocenters. The summed E-state index contributed by atoms with van der Waals surface area (Å²) in [7, 11) is 0. The van der Waals surface area contributed by atoms with E-state index < -0.39 is 24.0 Å². The summed E-state index contributed by atoms with van der Waals surface area (Å²) in [6, 6.07) is 14.7. The summed E-state index contributed by atoms with van der Waals surface area (Å²) in [4.78, 5) is 23.4. The molecule has 0 saturated carbocycles. The Kier molecular flexibility index (Phi) is 6.12. The maximum absolute atomic E-state index is 12.1. The van der Waals surface area contributed by atoms with Crippen LogP contribution in [0.5, 0.6) is 0 Å². The van der Waals surface area contributed by atoms with Gasteiger partial charge in [-0.05, 0) is 45.9 Å². The van der Waals surface area contributed by atoms with E-state index in [9.17, 15) is 19.8 Å². The van der Waals surface area contributed by atoms with E-state index in [0.717, 1.165) is 9.13 Å². The van der Waals surface area contributed by atoms with Crippen molar-refractivity contribution in [3.05, 3.63) is 69.3 Å². The molecule has 0 heterocycles. The molecule has 0 radical (unpaired) electrons. The van der Waals surface area contributed by atoms with Crippen LogP contribution in [0.1, 0.15) is 17.2 Å². The molecule has 2 aromatic rings. The predicted octanol–water partition coefficient (Wildman–Crippen LogP) is 2.14. The van der Waals surface area contributed by atoms with E-state index >= 15 is 0 Å². The average Bonchev–Trinajstić information content (AvgIpc) is 2.56. The zero-order valence-corrected chi connectivity index (χ0v) is 14.3. The fourth-order valence-electron chi connectivity index (χ4n) is 2.09. The molecule has 3 N–H and O–H groups in total. The normalized spacial score (nSPS) is 13.1. The second-order valence-corrected chi connectivity index (χ2v) is 6.29. The van der Waals surface area contributed by atoms with Crippen LogP contribution in [0.25, 0.3) is 0 Å². The molecule has 0 saturated heterocycles. The van der Waals surface area contributed by atoms with Crippen LogP contribution in [0.2, 0.25) is 0 Å². The Morgan fingerprint density at radius 3 is 2.22 bits per heavy atom. The molecular weight excluding hydrogens is 409 g/mol. The van der Waals surface area contributed by atoms with E-state index in [0.29, 0.717) is 5.56 Å². The van der Waals surface area contributed by atoms with Crippen molar-refractivity contribution in [3.8, 4) is 0 Å². The monoisotopic (exact) mass is 425 g/mol. The molecule has 0 unspecified atom stereocenters. The van der Waals surface area contributed by atoms with Gasteiger partial charge in [-0.15, -0.1) is 0 Å². The van der Waals surface area contributed by atoms with Gasteiger partial charge in [0.2, 0.25) is 0 Å². The number of hydrogen-bond acceptors (Lipinski definition) is 3. The summed E-state index contributed by atoms with van der Waals surface area (Å²) in [5, 5.41) is 21.7. The number of carboxylic acids is 1. The van der Waals surface area contributed by atoms with Gasteiger partial charge in [0.05, 0.1) is 0 Å². The van der Waals surface area contributed by atoms with Crippen LogP contribution < -0.4 is 5.32 Å². The molecule has 6 heteroatoms. The zero-order chi connectivity index (χ0) is 16.8. The van der Waals surface area contributed by atoms with Crippen molar-refractivity contribution >= 4 is 34.5 Å². The van der Waals surface area contributed by atoms with Crippen molar-refractivity contribution in [3.63, 3.8) is 0 Å². The van der Waals surface area contributed by atoms with E-state index in [2.05, 4.69) is 27.9 Å². The zero-order valence-electron chi connectivity index (χ0n) is 12.1. The number of aliphatic hydroxyl groups is 1. The van der Waals surface area contributed by atoms with Gasteiger partial charge >= 0.3 is 5.97 Å². The topological polar surface area (TPSA) is 86.6 Å². The highest BCUT2D eigenvalue weighted by Crippen LogP contribution is 2.13. The van der Waals surface area contributed by atoms with E-state index in [1.165, 1.54) is 0 Å². The summed E-state index contributed by atoms with van der Waals surface area (Å²) < 4.78 is 1.04. The van der Waals surface area contributed by atoms with Crippen molar-refractivity contribution in [2.45, 2.75) is 18.6 Å². The van der Waals surface area contributed by atoms with Crippen molar-refractivity contribution in [1.82, 2.24) is 5.32 Å². The van der Waals surface area contributed by atoms with Gasteiger partial charge in [-0.2, -0.15) is 0 Å². The molecule has 2 aromatic carbocycles. The van der Waals surface area contributed by atoms with E-state index in [1.54, 1.807) is 30.3 Å². The predicted molar refractivity (Wildman–Crippen MR) is 93.8 cm³/mol. The summed E-state index contributed by atoms with van der Waals surface area (Å²) >= 11 is 2.16. The van der Waals surface area contributed by atoms with Gasteiger partial charge in [-0.1, -0.05) is 42.5 Å². The lowest BCUT2D eigenvalue weighted by Gasteiger charge is -2.17. The van der Waals surface area contributed by atoms with Crippen LogP contribution in [-0.4, -0.2) is 28.1 Å². The van der Waals surface area contributed by atoms with Crippen LogP contribution >= 0.6 is 22.6 Å². The van der Waals surface area contributed by atoms with Crippen molar-refractivity contribution in [1.29, 1.82) is 0 Å². The first-order chi connectivity index (χ1) is 11.0. The van der Waals surface area contributed by atoms with Gasteiger partial charge in [0, 0.05) is 9.99 Å². The third kappa shape index (κ3) is 5.04. The molecule has 0 aliphatic rings. The minimum atomic E-state index is -1.39. The van der Waals surface area contributed by atoms with Gasteiger partial charge in [0.15, 0.2) is 6.10 Å². The number of benzene rings is 2. The van der Waals surface area contributed by atoms with Crippen LogP contribution in [0.3, 0.4) is 0 Å². The minimum Gasteiger partial charge on any atom is -0.480 e.